The Bertz CT molecular complexity index is 1090. The van der Waals surface area contributed by atoms with Crippen molar-refractivity contribution in [3.8, 4) is 16.9 Å². The van der Waals surface area contributed by atoms with E-state index in [0.29, 0.717) is 17.4 Å². The lowest BCUT2D eigenvalue weighted by Gasteiger charge is -2.10. The van der Waals surface area contributed by atoms with Crippen molar-refractivity contribution >= 4 is 17.5 Å². The quantitative estimate of drug-likeness (QED) is 0.430. The summed E-state index contributed by atoms with van der Waals surface area (Å²) >= 11 is 6.29. The van der Waals surface area contributed by atoms with Gasteiger partial charge in [0.2, 0.25) is 5.90 Å². The summed E-state index contributed by atoms with van der Waals surface area (Å²) in [5.74, 6) is -0.798. The molecule has 1 atom stereocenters. The maximum absolute atomic E-state index is 14.0. The summed E-state index contributed by atoms with van der Waals surface area (Å²) in [5, 5.41) is 0.517. The van der Waals surface area contributed by atoms with Gasteiger partial charge in [-0.3, -0.25) is 0 Å². The fourth-order valence-electron chi connectivity index (χ4n) is 3.23. The van der Waals surface area contributed by atoms with E-state index in [0.717, 1.165) is 16.7 Å². The molecule has 0 spiro atoms. The molecule has 30 heavy (non-hydrogen) atoms. The molecule has 152 valence electrons. The summed E-state index contributed by atoms with van der Waals surface area (Å²) in [6, 6.07) is 16.7. The highest BCUT2D eigenvalue weighted by molar-refractivity contribution is 6.32. The van der Waals surface area contributed by atoms with Crippen LogP contribution in [-0.4, -0.2) is 19.1 Å². The van der Waals surface area contributed by atoms with Crippen LogP contribution in [-0.2, 0) is 4.74 Å². The molecule has 6 heteroatoms. The third kappa shape index (κ3) is 4.07. The highest BCUT2D eigenvalue weighted by atomic mass is 35.5. The average Bonchev–Trinajstić information content (AvgIpc) is 3.22. The summed E-state index contributed by atoms with van der Waals surface area (Å²) in [6.45, 7) is 4.23. The van der Waals surface area contributed by atoms with E-state index in [-0.39, 0.29) is 24.1 Å². The van der Waals surface area contributed by atoms with Crippen LogP contribution in [0.3, 0.4) is 0 Å². The second-order valence-electron chi connectivity index (χ2n) is 6.72. The molecule has 0 saturated heterocycles. The standard InChI is InChI=1S/C24H18ClF2NO2/c1-2-12-29-22-11-10-17(13-18(22)25)15-6-8-16(9-7-15)21-14-30-24(28-21)23-19(26)4-3-5-20(23)27/h2-11,13,21H,1,12,14H2. The van der Waals surface area contributed by atoms with Crippen molar-refractivity contribution < 1.29 is 18.3 Å². The van der Waals surface area contributed by atoms with Gasteiger partial charge in [0.1, 0.15) is 42.2 Å². The molecular formula is C24H18ClF2NO2. The molecule has 0 bridgehead atoms. The van der Waals surface area contributed by atoms with Crippen molar-refractivity contribution in [2.45, 2.75) is 6.04 Å². The highest BCUT2D eigenvalue weighted by Crippen LogP contribution is 2.32. The summed E-state index contributed by atoms with van der Waals surface area (Å²) in [7, 11) is 0. The fraction of sp³-hybridized carbons (Fsp3) is 0.125. The van der Waals surface area contributed by atoms with Crippen molar-refractivity contribution in [1.82, 2.24) is 0 Å². The molecule has 0 amide bonds. The van der Waals surface area contributed by atoms with Crippen LogP contribution >= 0.6 is 11.6 Å². The minimum atomic E-state index is -0.692. The van der Waals surface area contributed by atoms with Crippen LogP contribution in [0.2, 0.25) is 5.02 Å². The lowest BCUT2D eigenvalue weighted by Crippen LogP contribution is -2.07. The van der Waals surface area contributed by atoms with Crippen molar-refractivity contribution in [2.24, 2.45) is 4.99 Å². The lowest BCUT2D eigenvalue weighted by molar-refractivity contribution is 0.317. The van der Waals surface area contributed by atoms with Crippen LogP contribution in [0.5, 0.6) is 5.75 Å². The topological polar surface area (TPSA) is 30.8 Å². The monoisotopic (exact) mass is 425 g/mol. The molecule has 0 aliphatic carbocycles. The Labute approximate surface area is 178 Å². The van der Waals surface area contributed by atoms with E-state index in [9.17, 15) is 8.78 Å². The van der Waals surface area contributed by atoms with Gasteiger partial charge in [-0.05, 0) is 41.0 Å². The fourth-order valence-corrected chi connectivity index (χ4v) is 3.46. The molecule has 0 N–H and O–H groups in total. The van der Waals surface area contributed by atoms with E-state index >= 15 is 0 Å². The summed E-state index contributed by atoms with van der Waals surface area (Å²) in [4.78, 5) is 4.38. The van der Waals surface area contributed by atoms with Crippen molar-refractivity contribution in [1.29, 1.82) is 0 Å². The molecule has 3 aromatic carbocycles. The predicted molar refractivity (Wildman–Crippen MR) is 114 cm³/mol. The van der Waals surface area contributed by atoms with Crippen LogP contribution in [0.15, 0.2) is 78.3 Å². The third-order valence-corrected chi connectivity index (χ3v) is 5.04. The van der Waals surface area contributed by atoms with E-state index in [4.69, 9.17) is 21.1 Å². The second-order valence-corrected chi connectivity index (χ2v) is 7.13. The van der Waals surface area contributed by atoms with Gasteiger partial charge in [-0.15, -0.1) is 0 Å². The first-order chi connectivity index (χ1) is 14.6. The Morgan fingerprint density at radius 3 is 2.43 bits per heavy atom. The number of benzene rings is 3. The Kier molecular flexibility index (Phi) is 5.81. The van der Waals surface area contributed by atoms with Gasteiger partial charge >= 0.3 is 0 Å². The van der Waals surface area contributed by atoms with Gasteiger partial charge in [-0.1, -0.05) is 60.7 Å². The first-order valence-corrected chi connectivity index (χ1v) is 9.73. The largest absolute Gasteiger partial charge is 0.488 e. The third-order valence-electron chi connectivity index (χ3n) is 4.74. The van der Waals surface area contributed by atoms with E-state index in [2.05, 4.69) is 11.6 Å². The molecule has 0 fully saturated rings. The average molecular weight is 426 g/mol. The molecule has 0 aromatic heterocycles. The molecule has 1 aliphatic rings. The zero-order valence-corrected chi connectivity index (χ0v) is 16.7. The molecule has 4 rings (SSSR count). The number of halogens is 3. The predicted octanol–water partition coefficient (Wildman–Crippen LogP) is 6.37. The molecule has 3 aromatic rings. The van der Waals surface area contributed by atoms with Gasteiger partial charge < -0.3 is 9.47 Å². The maximum Gasteiger partial charge on any atom is 0.222 e. The lowest BCUT2D eigenvalue weighted by atomic mass is 10.0. The Balaban J connectivity index is 1.54. The molecule has 1 heterocycles. The molecule has 0 saturated carbocycles. The highest BCUT2D eigenvalue weighted by Gasteiger charge is 2.26. The molecule has 1 unspecified atom stereocenters. The first kappa shape index (κ1) is 20.1. The van der Waals surface area contributed by atoms with E-state index < -0.39 is 11.6 Å². The van der Waals surface area contributed by atoms with Crippen molar-refractivity contribution in [3.63, 3.8) is 0 Å². The SMILES string of the molecule is C=CCOc1ccc(-c2ccc(C3COC(c4c(F)cccc4F)=N3)cc2)cc1Cl. The van der Waals surface area contributed by atoms with Crippen molar-refractivity contribution in [3.05, 3.63) is 101 Å². The number of rotatable bonds is 6. The maximum atomic E-state index is 14.0. The first-order valence-electron chi connectivity index (χ1n) is 9.35. The van der Waals surface area contributed by atoms with Crippen LogP contribution in [0.25, 0.3) is 11.1 Å². The Morgan fingerprint density at radius 1 is 1.07 bits per heavy atom. The Morgan fingerprint density at radius 2 is 1.77 bits per heavy atom. The summed E-state index contributed by atoms with van der Waals surface area (Å²) in [6.07, 6.45) is 1.66. The summed E-state index contributed by atoms with van der Waals surface area (Å²) < 4.78 is 38.9. The Hall–Kier alpha value is -3.18. The van der Waals surface area contributed by atoms with Crippen LogP contribution in [0, 0.1) is 11.6 Å². The van der Waals surface area contributed by atoms with E-state index in [1.807, 2.05) is 42.5 Å². The minimum Gasteiger partial charge on any atom is -0.488 e. The number of hydrogen-bond donors (Lipinski definition) is 0. The number of ether oxygens (including phenoxy) is 2. The molecular weight excluding hydrogens is 408 g/mol. The zero-order chi connectivity index (χ0) is 21.1. The van der Waals surface area contributed by atoms with E-state index in [1.54, 1.807) is 6.08 Å². The normalized spacial score (nSPS) is 15.4. The second kappa shape index (κ2) is 8.67. The van der Waals surface area contributed by atoms with E-state index in [1.165, 1.54) is 18.2 Å². The van der Waals surface area contributed by atoms with Gasteiger partial charge in [0.25, 0.3) is 0 Å². The van der Waals surface area contributed by atoms with Gasteiger partial charge in [-0.2, -0.15) is 0 Å². The zero-order valence-electron chi connectivity index (χ0n) is 15.9. The number of aliphatic imine (C=N–C) groups is 1. The summed E-state index contributed by atoms with van der Waals surface area (Å²) in [5.41, 5.74) is 2.57. The van der Waals surface area contributed by atoms with Crippen LogP contribution in [0.4, 0.5) is 8.78 Å². The number of nitrogens with zero attached hydrogens (tertiary/aromatic N) is 1. The van der Waals surface area contributed by atoms with Crippen LogP contribution < -0.4 is 4.74 Å². The molecule has 0 radical (unpaired) electrons. The van der Waals surface area contributed by atoms with Gasteiger partial charge in [0.15, 0.2) is 0 Å². The van der Waals surface area contributed by atoms with Gasteiger partial charge in [0, 0.05) is 0 Å². The van der Waals surface area contributed by atoms with Gasteiger partial charge in [-0.25, -0.2) is 13.8 Å². The molecule has 3 nitrogen and oxygen atoms in total. The van der Waals surface area contributed by atoms with Crippen molar-refractivity contribution in [2.75, 3.05) is 13.2 Å². The smallest absolute Gasteiger partial charge is 0.222 e. The molecule has 1 aliphatic heterocycles. The van der Waals surface area contributed by atoms with Crippen LogP contribution in [0.1, 0.15) is 17.2 Å². The number of hydrogen-bond acceptors (Lipinski definition) is 3. The van der Waals surface area contributed by atoms with Gasteiger partial charge in [0.05, 0.1) is 5.02 Å². The minimum absolute atomic E-state index is 0.0124.